The number of hydrogen-bond donors (Lipinski definition) is 3. The molecule has 4 heterocycles. The molecule has 2 aliphatic rings. The van der Waals surface area contributed by atoms with Crippen molar-refractivity contribution in [1.82, 2.24) is 20.2 Å². The summed E-state index contributed by atoms with van der Waals surface area (Å²) in [6.07, 6.45) is 3.02. The number of carbonyl (C=O) groups excluding carboxylic acids is 2. The minimum atomic E-state index is -1.23. The lowest BCUT2D eigenvalue weighted by Gasteiger charge is -2.49. The number of allylic oxidation sites excluding steroid dienone is 1. The van der Waals surface area contributed by atoms with Crippen LogP contribution in [0.5, 0.6) is 0 Å². The van der Waals surface area contributed by atoms with Gasteiger partial charge < -0.3 is 21.0 Å². The third kappa shape index (κ3) is 4.45. The zero-order chi connectivity index (χ0) is 23.5. The number of thiazole rings is 1. The van der Waals surface area contributed by atoms with Crippen LogP contribution in [0.3, 0.4) is 0 Å². The smallest absolute Gasteiger partial charge is 0.352 e. The van der Waals surface area contributed by atoms with Crippen LogP contribution in [-0.2, 0) is 25.8 Å². The van der Waals surface area contributed by atoms with E-state index in [1.165, 1.54) is 17.8 Å². The number of carboxylic acids is 1. The maximum absolute atomic E-state index is 13.0. The largest absolute Gasteiger partial charge is 0.477 e. The lowest BCUT2D eigenvalue weighted by atomic mass is 10.0. The van der Waals surface area contributed by atoms with Gasteiger partial charge in [0.05, 0.1) is 5.69 Å². The standard InChI is InChI=1S/C20H18N6O5S2/c1-2-10-8-32-18-14(17(28)26(18)15(10)19(29)30)24-16(27)13(12-9-33-20(21)23-12)25-31-7-11-5-3-4-6-22-11/h2-6,9,14,18H,1,7-8H2,(H2,21,23)(H,24,27)(H,29,30)/b25-13+/t14?,18-/m1/s1. The van der Waals surface area contributed by atoms with Crippen LogP contribution in [0, 0.1) is 0 Å². The Hall–Kier alpha value is -3.71. The van der Waals surface area contributed by atoms with Crippen molar-refractivity contribution in [1.29, 1.82) is 0 Å². The number of aromatic nitrogens is 2. The molecule has 0 saturated carbocycles. The number of β-lactam (4-membered cyclic amide) rings is 1. The molecule has 170 valence electrons. The van der Waals surface area contributed by atoms with Gasteiger partial charge in [-0.25, -0.2) is 9.78 Å². The summed E-state index contributed by atoms with van der Waals surface area (Å²) in [7, 11) is 0. The highest BCUT2D eigenvalue weighted by molar-refractivity contribution is 8.00. The highest BCUT2D eigenvalue weighted by Gasteiger charge is 2.54. The predicted octanol–water partition coefficient (Wildman–Crippen LogP) is 0.966. The van der Waals surface area contributed by atoms with Gasteiger partial charge in [0.1, 0.15) is 22.8 Å². The molecule has 1 fully saturated rings. The summed E-state index contributed by atoms with van der Waals surface area (Å²) in [6, 6.07) is 4.36. The van der Waals surface area contributed by atoms with Gasteiger partial charge in [-0.1, -0.05) is 23.9 Å². The van der Waals surface area contributed by atoms with Gasteiger partial charge in [0.2, 0.25) is 0 Å². The highest BCUT2D eigenvalue weighted by Crippen LogP contribution is 2.40. The van der Waals surface area contributed by atoms with Crippen molar-refractivity contribution in [2.24, 2.45) is 5.16 Å². The Morgan fingerprint density at radius 1 is 1.45 bits per heavy atom. The van der Waals surface area contributed by atoms with Crippen molar-refractivity contribution in [3.05, 3.63) is 65.1 Å². The van der Waals surface area contributed by atoms with Crippen LogP contribution < -0.4 is 11.1 Å². The van der Waals surface area contributed by atoms with Crippen LogP contribution >= 0.6 is 23.1 Å². The molecule has 11 nitrogen and oxygen atoms in total. The molecular formula is C20H18N6O5S2. The predicted molar refractivity (Wildman–Crippen MR) is 122 cm³/mol. The third-order valence-corrected chi connectivity index (χ3v) is 6.78. The number of amides is 2. The Balaban J connectivity index is 1.51. The van der Waals surface area contributed by atoms with Crippen molar-refractivity contribution in [3.63, 3.8) is 0 Å². The first kappa shape index (κ1) is 22.5. The monoisotopic (exact) mass is 486 g/mol. The van der Waals surface area contributed by atoms with Gasteiger partial charge >= 0.3 is 5.97 Å². The number of thioether (sulfide) groups is 1. The van der Waals surface area contributed by atoms with Gasteiger partial charge in [-0.05, 0) is 17.7 Å². The zero-order valence-corrected chi connectivity index (χ0v) is 18.6. The Bertz CT molecular complexity index is 1180. The van der Waals surface area contributed by atoms with Gasteiger partial charge in [0.25, 0.3) is 11.8 Å². The average Bonchev–Trinajstić information content (AvgIpc) is 3.25. The summed E-state index contributed by atoms with van der Waals surface area (Å²) < 4.78 is 0. The van der Waals surface area contributed by atoms with Crippen LogP contribution in [0.15, 0.2) is 58.9 Å². The zero-order valence-electron chi connectivity index (χ0n) is 17.0. The van der Waals surface area contributed by atoms with E-state index in [2.05, 4.69) is 27.0 Å². The number of aliphatic carboxylic acids is 1. The number of carboxylic acid groups (broad SMARTS) is 1. The van der Waals surface area contributed by atoms with Crippen LogP contribution in [0.25, 0.3) is 0 Å². The number of nitrogens with two attached hydrogens (primary N) is 1. The lowest BCUT2D eigenvalue weighted by Crippen LogP contribution is -2.71. The SMILES string of the molecule is C=CC1=C(C(=O)O)N2C(=O)C(NC(=O)/C(=N/OCc3ccccn3)c3csc(N)n3)[C@H]2SC1. The maximum Gasteiger partial charge on any atom is 0.352 e. The molecule has 0 aromatic carbocycles. The van der Waals surface area contributed by atoms with Crippen LogP contribution in [-0.4, -0.2) is 60.6 Å². The van der Waals surface area contributed by atoms with E-state index in [0.717, 1.165) is 16.2 Å². The summed E-state index contributed by atoms with van der Waals surface area (Å²) in [5.74, 6) is -2.11. The van der Waals surface area contributed by atoms with E-state index in [4.69, 9.17) is 10.6 Å². The van der Waals surface area contributed by atoms with Crippen molar-refractivity contribution in [2.45, 2.75) is 18.0 Å². The number of pyridine rings is 1. The Morgan fingerprint density at radius 3 is 2.91 bits per heavy atom. The summed E-state index contributed by atoms with van der Waals surface area (Å²) in [5, 5.41) is 17.3. The number of fused-ring (bicyclic) bond motifs is 1. The molecule has 0 bridgehead atoms. The number of nitrogens with zero attached hydrogens (tertiary/aromatic N) is 4. The van der Waals surface area contributed by atoms with E-state index in [9.17, 15) is 19.5 Å². The fraction of sp³-hybridized carbons (Fsp3) is 0.200. The second-order valence-electron chi connectivity index (χ2n) is 6.85. The first-order valence-corrected chi connectivity index (χ1v) is 11.5. The number of carbonyl (C=O) groups is 3. The van der Waals surface area contributed by atoms with E-state index in [1.54, 1.807) is 29.8 Å². The van der Waals surface area contributed by atoms with Gasteiger partial charge in [-0.15, -0.1) is 23.1 Å². The molecule has 0 radical (unpaired) electrons. The second-order valence-corrected chi connectivity index (χ2v) is 8.84. The van der Waals surface area contributed by atoms with Crippen LogP contribution in [0.4, 0.5) is 5.13 Å². The van der Waals surface area contributed by atoms with Gasteiger partial charge in [-0.3, -0.25) is 19.5 Å². The number of oxime groups is 1. The minimum absolute atomic E-state index is 0.0168. The van der Waals surface area contributed by atoms with Gasteiger partial charge in [0, 0.05) is 17.3 Å². The molecule has 1 saturated heterocycles. The van der Waals surface area contributed by atoms with Crippen LogP contribution in [0.1, 0.15) is 11.4 Å². The van der Waals surface area contributed by atoms with E-state index in [0.29, 0.717) is 17.0 Å². The molecular weight excluding hydrogens is 468 g/mol. The summed E-state index contributed by atoms with van der Waals surface area (Å²) >= 11 is 2.45. The van der Waals surface area contributed by atoms with Gasteiger partial charge in [0.15, 0.2) is 17.5 Å². The second kappa shape index (κ2) is 9.42. The van der Waals surface area contributed by atoms with E-state index >= 15 is 0 Å². The Kier molecular flexibility index (Phi) is 6.42. The molecule has 33 heavy (non-hydrogen) atoms. The number of rotatable bonds is 8. The molecule has 2 aromatic heterocycles. The number of hydrogen-bond acceptors (Lipinski definition) is 10. The molecule has 2 aromatic rings. The van der Waals surface area contributed by atoms with E-state index in [1.807, 2.05) is 0 Å². The van der Waals surface area contributed by atoms with Gasteiger partial charge in [-0.2, -0.15) is 0 Å². The number of anilines is 1. The number of nitrogen functional groups attached to an aromatic ring is 1. The quantitative estimate of drug-likeness (QED) is 0.280. The van der Waals surface area contributed by atoms with Crippen molar-refractivity contribution >= 4 is 51.7 Å². The summed E-state index contributed by atoms with van der Waals surface area (Å²) in [6.45, 7) is 3.63. The fourth-order valence-corrected chi connectivity index (χ4v) is 5.14. The minimum Gasteiger partial charge on any atom is -0.477 e. The molecule has 1 unspecified atom stereocenters. The third-order valence-electron chi connectivity index (χ3n) is 4.81. The lowest BCUT2D eigenvalue weighted by molar-refractivity contribution is -0.150. The molecule has 4 N–H and O–H groups in total. The molecule has 0 spiro atoms. The summed E-state index contributed by atoms with van der Waals surface area (Å²) in [4.78, 5) is 52.1. The highest BCUT2D eigenvalue weighted by atomic mass is 32.2. The molecule has 2 aliphatic heterocycles. The molecule has 4 rings (SSSR count). The molecule has 2 atom stereocenters. The normalized spacial score (nSPS) is 20.1. The molecule has 2 amide bonds. The fourth-order valence-electron chi connectivity index (χ4n) is 3.26. The molecule has 13 heteroatoms. The topological polar surface area (TPSA) is 160 Å². The Morgan fingerprint density at radius 2 is 2.27 bits per heavy atom. The first-order valence-electron chi connectivity index (χ1n) is 9.56. The Labute approximate surface area is 196 Å². The molecule has 0 aliphatic carbocycles. The van der Waals surface area contributed by atoms with Crippen LogP contribution in [0.2, 0.25) is 0 Å². The van der Waals surface area contributed by atoms with Crippen molar-refractivity contribution in [3.8, 4) is 0 Å². The first-order chi connectivity index (χ1) is 15.9. The van der Waals surface area contributed by atoms with E-state index < -0.39 is 29.2 Å². The maximum atomic E-state index is 13.0. The summed E-state index contributed by atoms with van der Waals surface area (Å²) in [5.41, 5.74) is 6.65. The van der Waals surface area contributed by atoms with E-state index in [-0.39, 0.29) is 28.8 Å². The number of nitrogens with one attached hydrogen (secondary N) is 1. The van der Waals surface area contributed by atoms with Crippen molar-refractivity contribution in [2.75, 3.05) is 11.5 Å². The van der Waals surface area contributed by atoms with Crippen molar-refractivity contribution < 1.29 is 24.3 Å². The average molecular weight is 487 g/mol.